The van der Waals surface area contributed by atoms with Gasteiger partial charge >= 0.3 is 0 Å². The van der Waals surface area contributed by atoms with Crippen molar-refractivity contribution >= 4 is 0 Å². The lowest BCUT2D eigenvalue weighted by Gasteiger charge is -2.49. The van der Waals surface area contributed by atoms with Crippen molar-refractivity contribution in [3.05, 3.63) is 213 Å². The number of rotatable bonds is 28. The summed E-state index contributed by atoms with van der Waals surface area (Å²) in [5, 5.41) is 0. The minimum absolute atomic E-state index is 0.00725. The van der Waals surface area contributed by atoms with Crippen molar-refractivity contribution in [3.8, 4) is 68.2 Å². The van der Waals surface area contributed by atoms with Crippen molar-refractivity contribution < 1.29 is 75.8 Å². The highest BCUT2D eigenvalue weighted by Crippen LogP contribution is 2.55. The zero-order valence-electron chi connectivity index (χ0n) is 53.6. The van der Waals surface area contributed by atoms with Gasteiger partial charge in [-0.25, -0.2) is 0 Å². The van der Waals surface area contributed by atoms with Gasteiger partial charge in [0.25, 0.3) is 0 Å². The highest BCUT2D eigenvalue weighted by atomic mass is 16.6. The van der Waals surface area contributed by atoms with Crippen molar-refractivity contribution in [1.82, 2.24) is 0 Å². The lowest BCUT2D eigenvalue weighted by Crippen LogP contribution is -2.47. The molecule has 9 aliphatic rings. The van der Waals surface area contributed by atoms with Crippen LogP contribution in [0.15, 0.2) is 158 Å². The molecule has 8 bridgehead atoms. The monoisotopic (exact) mass is 1280 g/mol. The predicted molar refractivity (Wildman–Crippen MR) is 353 cm³/mol. The maximum absolute atomic E-state index is 7.27. The molecular formula is C79H78O16. The summed E-state index contributed by atoms with van der Waals surface area (Å²) in [4.78, 5) is 0. The molecule has 17 rings (SSSR count). The topological polar surface area (TPSA) is 174 Å². The van der Waals surface area contributed by atoms with Crippen LogP contribution in [0.2, 0.25) is 0 Å². The van der Waals surface area contributed by atoms with Gasteiger partial charge in [-0.1, -0.05) is 86.6 Å². The van der Waals surface area contributed by atoms with Gasteiger partial charge in [0.15, 0.2) is 0 Å². The van der Waals surface area contributed by atoms with Crippen LogP contribution in [0.4, 0.5) is 0 Å². The molecule has 0 aromatic heterocycles. The summed E-state index contributed by atoms with van der Waals surface area (Å²) < 4.78 is 99.3. The van der Waals surface area contributed by atoms with Gasteiger partial charge in [-0.2, -0.15) is 0 Å². The molecule has 8 fully saturated rings. The Bertz CT molecular complexity index is 3790. The van der Waals surface area contributed by atoms with E-state index in [2.05, 4.69) is 147 Å². The maximum atomic E-state index is 7.27. The number of benzene rings is 8. The Morgan fingerprint density at radius 3 is 0.789 bits per heavy atom. The summed E-state index contributed by atoms with van der Waals surface area (Å²) in [5.74, 6) is 6.19. The van der Waals surface area contributed by atoms with E-state index in [4.69, 9.17) is 75.8 Å². The Morgan fingerprint density at radius 2 is 0.505 bits per heavy atom. The van der Waals surface area contributed by atoms with Gasteiger partial charge < -0.3 is 75.8 Å². The van der Waals surface area contributed by atoms with Gasteiger partial charge in [0, 0.05) is 30.1 Å². The molecule has 8 saturated heterocycles. The molecule has 95 heavy (non-hydrogen) atoms. The largest absolute Gasteiger partial charge is 0.491 e. The van der Waals surface area contributed by atoms with Crippen molar-refractivity contribution in [2.75, 3.05) is 106 Å². The normalized spacial score (nSPS) is 26.0. The van der Waals surface area contributed by atoms with E-state index < -0.39 is 10.8 Å². The van der Waals surface area contributed by atoms with Crippen molar-refractivity contribution in [2.24, 2.45) is 0 Å². The average Bonchev–Trinajstić information content (AvgIpc) is 1.33. The fraction of sp³-hybridized carbons (Fsp3) is 0.392. The average molecular weight is 1280 g/mol. The number of hydrogen-bond donors (Lipinski definition) is 0. The first-order valence-corrected chi connectivity index (χ1v) is 33.6. The predicted octanol–water partition coefficient (Wildman–Crippen LogP) is 11.6. The highest BCUT2D eigenvalue weighted by Gasteiger charge is 2.50. The smallest absolute Gasteiger partial charge is 0.126 e. The van der Waals surface area contributed by atoms with Crippen LogP contribution < -0.4 is 37.9 Å². The molecule has 0 N–H and O–H groups in total. The minimum atomic E-state index is -0.865. The van der Waals surface area contributed by atoms with Gasteiger partial charge in [-0.15, -0.1) is 0 Å². The molecule has 8 aromatic rings. The maximum Gasteiger partial charge on any atom is 0.126 e. The van der Waals surface area contributed by atoms with Gasteiger partial charge in [-0.3, -0.25) is 0 Å². The van der Waals surface area contributed by atoms with E-state index in [-0.39, 0.29) is 48.8 Å². The van der Waals surface area contributed by atoms with E-state index in [1.54, 1.807) is 0 Å². The second-order valence-corrected chi connectivity index (χ2v) is 26.9. The lowest BCUT2D eigenvalue weighted by atomic mass is 9.53. The van der Waals surface area contributed by atoms with Gasteiger partial charge in [0.05, 0.1) is 52.9 Å². The lowest BCUT2D eigenvalue weighted by molar-refractivity contribution is 0.256. The molecule has 10 atom stereocenters. The SMILES string of the molecule is CC1(c2ccc(OCC3CO3)cc2)c2ccc(OCC3CO3)c(c2)Cc2cc(-c3ccc(OCC4CO4)cc3)cc(c2OCC2CO2)Cc2cc(-c3ccc(OCC4CO4)cc3)cc(c2OCC2CO2)Cc2cc(ccc2OCC2CO2)C1(C)c1ccc(OCC2CO2)cc1. The quantitative estimate of drug-likeness (QED) is 0.0423. The Kier molecular flexibility index (Phi) is 16.4. The molecule has 0 amide bonds. The summed E-state index contributed by atoms with van der Waals surface area (Å²) in [7, 11) is 0. The van der Waals surface area contributed by atoms with E-state index in [1.807, 2.05) is 24.3 Å². The third-order valence-electron chi connectivity index (χ3n) is 19.8. The van der Waals surface area contributed by atoms with Crippen LogP contribution in [0, 0.1) is 0 Å². The fourth-order valence-electron chi connectivity index (χ4n) is 13.2. The highest BCUT2D eigenvalue weighted by molar-refractivity contribution is 5.73. The first-order valence-electron chi connectivity index (χ1n) is 33.6. The zero-order chi connectivity index (χ0) is 63.5. The third-order valence-corrected chi connectivity index (χ3v) is 19.8. The van der Waals surface area contributed by atoms with Crippen LogP contribution in [-0.2, 0) is 68.0 Å². The Morgan fingerprint density at radius 1 is 0.263 bits per heavy atom. The molecule has 0 spiro atoms. The molecule has 8 heterocycles. The zero-order valence-corrected chi connectivity index (χ0v) is 53.6. The van der Waals surface area contributed by atoms with Gasteiger partial charge in [0.2, 0.25) is 0 Å². The molecule has 16 nitrogen and oxygen atoms in total. The summed E-state index contributed by atoms with van der Waals surface area (Å²) in [5.41, 5.74) is 12.5. The van der Waals surface area contributed by atoms with Crippen molar-refractivity contribution in [2.45, 2.75) is 92.8 Å². The standard InChI is InChI=1S/C79H78O16/c1-78(58-7-17-64(18-8-58)82-34-68-38-86-68)60-11-21-74(92-44-70-40-88-70)52(30-60)27-54-23-50(48-3-13-62(14-4-48)80-32-66-36-84-66)25-56(76(54)94-46-72-42-90-72)29-57-26-51(49-5-15-63(16-6-49)81-33-67-37-85-67)24-55(77(57)95-47-73-43-91-73)28-53-31-61(12-22-75(53)93-45-71-41-89-71)79(78,2)59-9-19-65(20-10-59)83-35-69-39-87-69/h3-26,30-31,66-73H,27-29,32-47H2,1-2H3. The molecule has 8 aromatic carbocycles. The van der Waals surface area contributed by atoms with Crippen LogP contribution in [0.1, 0.15) is 69.5 Å². The molecule has 490 valence electrons. The number of hydrogen-bond acceptors (Lipinski definition) is 16. The van der Waals surface area contributed by atoms with Gasteiger partial charge in [-0.05, 0) is 163 Å². The first kappa shape index (κ1) is 60.5. The van der Waals surface area contributed by atoms with Crippen LogP contribution in [0.5, 0.6) is 46.0 Å². The van der Waals surface area contributed by atoms with E-state index in [0.29, 0.717) is 112 Å². The van der Waals surface area contributed by atoms with Crippen LogP contribution in [-0.4, -0.2) is 155 Å². The third kappa shape index (κ3) is 14.1. The summed E-state index contributed by atoms with van der Waals surface area (Å²) in [6, 6.07) is 56.9. The number of epoxide rings is 8. The van der Waals surface area contributed by atoms with E-state index in [9.17, 15) is 0 Å². The molecule has 8 aliphatic heterocycles. The Hall–Kier alpha value is -8.16. The fourth-order valence-corrected chi connectivity index (χ4v) is 13.2. The second-order valence-electron chi connectivity index (χ2n) is 26.9. The number of fused-ring (bicyclic) bond motifs is 8. The summed E-state index contributed by atoms with van der Waals surface area (Å²) in [6.45, 7) is 13.7. The van der Waals surface area contributed by atoms with Crippen molar-refractivity contribution in [3.63, 3.8) is 0 Å². The van der Waals surface area contributed by atoms with Crippen molar-refractivity contribution in [1.29, 1.82) is 0 Å². The Labute approximate surface area is 553 Å². The van der Waals surface area contributed by atoms with E-state index in [1.165, 1.54) is 0 Å². The van der Waals surface area contributed by atoms with Crippen LogP contribution in [0.25, 0.3) is 22.3 Å². The Balaban J connectivity index is 0.909. The summed E-state index contributed by atoms with van der Waals surface area (Å²) >= 11 is 0. The molecule has 1 aliphatic carbocycles. The molecule has 10 unspecified atom stereocenters. The first-order chi connectivity index (χ1) is 46.6. The number of ether oxygens (including phenoxy) is 16. The summed E-state index contributed by atoms with van der Waals surface area (Å²) in [6.07, 6.45) is 1.71. The van der Waals surface area contributed by atoms with Gasteiger partial charge in [0.1, 0.15) is 148 Å². The minimum Gasteiger partial charge on any atom is -0.491 e. The van der Waals surface area contributed by atoms with Crippen LogP contribution in [0.3, 0.4) is 0 Å². The second kappa shape index (κ2) is 25.8. The molecule has 0 saturated carbocycles. The van der Waals surface area contributed by atoms with E-state index in [0.717, 1.165) is 137 Å². The molecule has 16 heteroatoms. The van der Waals surface area contributed by atoms with Crippen LogP contribution >= 0.6 is 0 Å². The molecule has 0 radical (unpaired) electrons. The van der Waals surface area contributed by atoms with E-state index >= 15 is 0 Å². The molecular weight excluding hydrogens is 1200 g/mol.